The standard InChI is InChI=1S/C12H22B2/c1-11(13,14)12-5-8-2-9(6-12)4-10(3-8)7-12/h8-10H,2-7,13-14H2,1H3. The second-order valence-corrected chi connectivity index (χ2v) is 7.45. The smallest absolute Gasteiger partial charge is 0.0818 e. The summed E-state index contributed by atoms with van der Waals surface area (Å²) in [6.07, 6.45) is 9.41. The van der Waals surface area contributed by atoms with Crippen molar-refractivity contribution in [1.29, 1.82) is 0 Å². The van der Waals surface area contributed by atoms with Gasteiger partial charge >= 0.3 is 0 Å². The first kappa shape index (κ1) is 9.36. The summed E-state index contributed by atoms with van der Waals surface area (Å²) >= 11 is 0. The number of rotatable bonds is 1. The topological polar surface area (TPSA) is 0 Å². The van der Waals surface area contributed by atoms with E-state index in [1.807, 2.05) is 0 Å². The molecule has 4 fully saturated rings. The molecule has 0 saturated heterocycles. The van der Waals surface area contributed by atoms with Gasteiger partial charge in [0.1, 0.15) is 0 Å². The Balaban J connectivity index is 1.95. The van der Waals surface area contributed by atoms with Gasteiger partial charge in [0, 0.05) is 0 Å². The van der Waals surface area contributed by atoms with Gasteiger partial charge in [-0.15, -0.1) is 0 Å². The molecule has 14 heavy (non-hydrogen) atoms. The van der Waals surface area contributed by atoms with Crippen LogP contribution in [0.3, 0.4) is 0 Å². The molecule has 0 unspecified atom stereocenters. The molecule has 0 heterocycles. The minimum Gasteiger partial charge on any atom is -0.0818 e. The Morgan fingerprint density at radius 1 is 0.929 bits per heavy atom. The first-order valence-electron chi connectivity index (χ1n) is 6.48. The normalized spacial score (nSPS) is 51.1. The highest BCUT2D eigenvalue weighted by Gasteiger charge is 2.54. The Bertz CT molecular complexity index is 216. The van der Waals surface area contributed by atoms with Gasteiger partial charge in [-0.2, -0.15) is 0 Å². The van der Waals surface area contributed by atoms with Crippen LogP contribution in [0.15, 0.2) is 0 Å². The Morgan fingerprint density at radius 2 is 1.29 bits per heavy atom. The van der Waals surface area contributed by atoms with Crippen LogP contribution in [-0.2, 0) is 0 Å². The van der Waals surface area contributed by atoms with Crippen molar-refractivity contribution in [3.8, 4) is 0 Å². The highest BCUT2D eigenvalue weighted by atomic mass is 14.6. The molecule has 0 aromatic rings. The fourth-order valence-electron chi connectivity index (χ4n) is 5.03. The molecule has 4 rings (SSSR count). The van der Waals surface area contributed by atoms with Crippen molar-refractivity contribution in [2.45, 2.75) is 50.7 Å². The van der Waals surface area contributed by atoms with E-state index in [-0.39, 0.29) is 0 Å². The maximum atomic E-state index is 2.49. The van der Waals surface area contributed by atoms with Gasteiger partial charge in [0.15, 0.2) is 0 Å². The van der Waals surface area contributed by atoms with Crippen molar-refractivity contribution < 1.29 is 0 Å². The SMILES string of the molecule is BC(B)(C)C12CC3CC(CC(C3)C1)C2. The van der Waals surface area contributed by atoms with Crippen molar-refractivity contribution in [1.82, 2.24) is 0 Å². The summed E-state index contributed by atoms with van der Waals surface area (Å²) in [6, 6.07) is 0. The third kappa shape index (κ3) is 1.15. The van der Waals surface area contributed by atoms with Gasteiger partial charge < -0.3 is 0 Å². The summed E-state index contributed by atoms with van der Waals surface area (Å²) in [7, 11) is 4.97. The van der Waals surface area contributed by atoms with Crippen LogP contribution in [0.5, 0.6) is 0 Å². The van der Waals surface area contributed by atoms with Gasteiger partial charge in [-0.3, -0.25) is 0 Å². The molecule has 2 heteroatoms. The molecule has 0 N–H and O–H groups in total. The van der Waals surface area contributed by atoms with Gasteiger partial charge in [0.05, 0.1) is 15.7 Å². The van der Waals surface area contributed by atoms with Crippen LogP contribution in [0.2, 0.25) is 5.21 Å². The van der Waals surface area contributed by atoms with Crippen LogP contribution in [-0.4, -0.2) is 15.7 Å². The fourth-order valence-corrected chi connectivity index (χ4v) is 5.03. The molecule has 0 atom stereocenters. The molecule has 4 aliphatic rings. The summed E-state index contributed by atoms with van der Waals surface area (Å²) in [4.78, 5) is 0. The molecule has 0 aromatic carbocycles. The van der Waals surface area contributed by atoms with E-state index in [4.69, 9.17) is 0 Å². The molecule has 4 saturated carbocycles. The highest BCUT2D eigenvalue weighted by Crippen LogP contribution is 2.66. The number of hydrogen-bond acceptors (Lipinski definition) is 0. The average Bonchev–Trinajstić information content (AvgIpc) is 1.98. The Labute approximate surface area is 90.0 Å². The zero-order chi connectivity index (χ0) is 9.97. The van der Waals surface area contributed by atoms with E-state index >= 15 is 0 Å². The molecule has 0 nitrogen and oxygen atoms in total. The van der Waals surface area contributed by atoms with Gasteiger partial charge in [0.2, 0.25) is 0 Å². The summed E-state index contributed by atoms with van der Waals surface area (Å²) in [5.74, 6) is 3.33. The van der Waals surface area contributed by atoms with E-state index in [0.29, 0.717) is 5.21 Å². The number of hydrogen-bond donors (Lipinski definition) is 0. The monoisotopic (exact) mass is 188 g/mol. The van der Waals surface area contributed by atoms with Crippen LogP contribution in [0.4, 0.5) is 0 Å². The second-order valence-electron chi connectivity index (χ2n) is 7.45. The lowest BCUT2D eigenvalue weighted by Crippen LogP contribution is -2.51. The molecule has 4 bridgehead atoms. The molecular weight excluding hydrogens is 166 g/mol. The van der Waals surface area contributed by atoms with E-state index < -0.39 is 0 Å². The Kier molecular flexibility index (Phi) is 1.76. The minimum absolute atomic E-state index is 0.559. The van der Waals surface area contributed by atoms with Crippen LogP contribution >= 0.6 is 0 Å². The van der Waals surface area contributed by atoms with Crippen molar-refractivity contribution in [3.63, 3.8) is 0 Å². The van der Waals surface area contributed by atoms with E-state index in [1.54, 1.807) is 38.5 Å². The fraction of sp³-hybridized carbons (Fsp3) is 1.00. The second kappa shape index (κ2) is 2.62. The first-order valence-corrected chi connectivity index (χ1v) is 6.48. The molecular formula is C12H22B2. The maximum absolute atomic E-state index is 2.49. The predicted octanol–water partition coefficient (Wildman–Crippen LogP) is 1.61. The minimum atomic E-state index is 0.559. The van der Waals surface area contributed by atoms with Crippen molar-refractivity contribution >= 4 is 15.7 Å². The highest BCUT2D eigenvalue weighted by molar-refractivity contribution is 6.40. The van der Waals surface area contributed by atoms with E-state index in [2.05, 4.69) is 22.6 Å². The summed E-state index contributed by atoms with van der Waals surface area (Å²) in [5.41, 5.74) is 0.738. The van der Waals surface area contributed by atoms with Crippen LogP contribution in [0, 0.1) is 23.2 Å². The molecule has 4 aliphatic carbocycles. The Morgan fingerprint density at radius 3 is 1.57 bits per heavy atom. The zero-order valence-corrected chi connectivity index (χ0v) is 9.97. The van der Waals surface area contributed by atoms with Gasteiger partial charge in [0.25, 0.3) is 0 Å². The van der Waals surface area contributed by atoms with E-state index in [1.165, 1.54) is 0 Å². The van der Waals surface area contributed by atoms with Crippen molar-refractivity contribution in [2.75, 3.05) is 0 Å². The predicted molar refractivity (Wildman–Crippen MR) is 66.1 cm³/mol. The van der Waals surface area contributed by atoms with Crippen LogP contribution < -0.4 is 0 Å². The molecule has 76 valence electrons. The van der Waals surface area contributed by atoms with Crippen molar-refractivity contribution in [3.05, 3.63) is 0 Å². The third-order valence-corrected chi connectivity index (χ3v) is 5.63. The van der Waals surface area contributed by atoms with Gasteiger partial charge in [-0.25, -0.2) is 0 Å². The summed E-state index contributed by atoms with van der Waals surface area (Å²) < 4.78 is 0. The molecule has 0 spiro atoms. The molecule has 0 amide bonds. The van der Waals surface area contributed by atoms with E-state index in [9.17, 15) is 0 Å². The van der Waals surface area contributed by atoms with Gasteiger partial charge in [-0.1, -0.05) is 12.1 Å². The molecule has 0 aliphatic heterocycles. The largest absolute Gasteiger partial charge is 0.0995 e. The van der Waals surface area contributed by atoms with Crippen LogP contribution in [0.1, 0.15) is 45.4 Å². The lowest BCUT2D eigenvalue weighted by Gasteiger charge is -2.62. The maximum Gasteiger partial charge on any atom is 0.0995 e. The lowest BCUT2D eigenvalue weighted by atomic mass is 9.33. The lowest BCUT2D eigenvalue weighted by molar-refractivity contribution is -0.0613. The first-order chi connectivity index (χ1) is 6.48. The average molecular weight is 188 g/mol. The van der Waals surface area contributed by atoms with E-state index in [0.717, 1.165) is 23.2 Å². The van der Waals surface area contributed by atoms with Crippen LogP contribution in [0.25, 0.3) is 0 Å². The molecule has 0 radical (unpaired) electrons. The quantitative estimate of drug-likeness (QED) is 0.548. The third-order valence-electron chi connectivity index (χ3n) is 5.63. The summed E-state index contributed by atoms with van der Waals surface area (Å²) in [6.45, 7) is 2.49. The summed E-state index contributed by atoms with van der Waals surface area (Å²) in [5, 5.41) is 0.559. The Hall–Kier alpha value is 0.130. The zero-order valence-electron chi connectivity index (χ0n) is 9.97. The van der Waals surface area contributed by atoms with Crippen molar-refractivity contribution in [2.24, 2.45) is 23.2 Å². The van der Waals surface area contributed by atoms with Gasteiger partial charge in [-0.05, 0) is 61.7 Å². The molecule has 0 aromatic heterocycles.